The summed E-state index contributed by atoms with van der Waals surface area (Å²) in [5.74, 6) is -0.286. The average molecular weight is 246 g/mol. The van der Waals surface area contributed by atoms with Crippen molar-refractivity contribution in [2.45, 2.75) is 6.42 Å². The van der Waals surface area contributed by atoms with E-state index in [0.29, 0.717) is 13.0 Å². The van der Waals surface area contributed by atoms with Gasteiger partial charge in [0.25, 0.3) is 5.91 Å². The molecular formula is C12H14N4O2. The molecule has 1 amide bonds. The molecule has 0 fully saturated rings. The van der Waals surface area contributed by atoms with Gasteiger partial charge >= 0.3 is 0 Å². The van der Waals surface area contributed by atoms with E-state index < -0.39 is 0 Å². The molecule has 94 valence electrons. The van der Waals surface area contributed by atoms with Crippen LogP contribution in [0.4, 0.5) is 0 Å². The summed E-state index contributed by atoms with van der Waals surface area (Å²) in [6.07, 6.45) is 1.94. The molecular weight excluding hydrogens is 232 g/mol. The maximum atomic E-state index is 11.7. The quantitative estimate of drug-likeness (QED) is 0.747. The normalized spacial score (nSPS) is 10.3. The van der Waals surface area contributed by atoms with Gasteiger partial charge in [0.15, 0.2) is 5.69 Å². The van der Waals surface area contributed by atoms with Crippen LogP contribution in [0, 0.1) is 0 Å². The maximum Gasteiger partial charge on any atom is 0.273 e. The third-order valence-corrected chi connectivity index (χ3v) is 2.33. The van der Waals surface area contributed by atoms with Crippen molar-refractivity contribution in [3.8, 4) is 5.69 Å². The second-order valence-electron chi connectivity index (χ2n) is 3.69. The minimum Gasteiger partial charge on any atom is -0.396 e. The molecule has 0 saturated carbocycles. The Bertz CT molecular complexity index is 510. The number of nitrogens with zero attached hydrogens (tertiary/aromatic N) is 3. The van der Waals surface area contributed by atoms with Crippen LogP contribution in [-0.4, -0.2) is 39.2 Å². The van der Waals surface area contributed by atoms with Crippen LogP contribution in [0.15, 0.2) is 36.5 Å². The fourth-order valence-electron chi connectivity index (χ4n) is 1.42. The molecule has 2 N–H and O–H groups in total. The van der Waals surface area contributed by atoms with Crippen LogP contribution in [0.5, 0.6) is 0 Å². The highest BCUT2D eigenvalue weighted by Gasteiger charge is 2.10. The number of carbonyl (C=O) groups is 1. The first kappa shape index (κ1) is 12.3. The van der Waals surface area contributed by atoms with E-state index in [9.17, 15) is 4.79 Å². The van der Waals surface area contributed by atoms with E-state index in [1.807, 2.05) is 30.3 Å². The van der Waals surface area contributed by atoms with Gasteiger partial charge in [-0.25, -0.2) is 0 Å². The molecule has 6 nitrogen and oxygen atoms in total. The van der Waals surface area contributed by atoms with Gasteiger partial charge in [0.1, 0.15) is 0 Å². The Balaban J connectivity index is 2.04. The Kier molecular flexibility index (Phi) is 4.03. The van der Waals surface area contributed by atoms with Crippen molar-refractivity contribution in [1.82, 2.24) is 20.3 Å². The van der Waals surface area contributed by atoms with E-state index in [-0.39, 0.29) is 18.2 Å². The minimum absolute atomic E-state index is 0.0526. The van der Waals surface area contributed by atoms with E-state index >= 15 is 0 Å². The maximum absolute atomic E-state index is 11.7. The number of para-hydroxylation sites is 1. The number of aromatic nitrogens is 3. The van der Waals surface area contributed by atoms with Gasteiger partial charge in [-0.2, -0.15) is 9.90 Å². The molecule has 2 rings (SSSR count). The lowest BCUT2D eigenvalue weighted by molar-refractivity contribution is 0.0945. The molecule has 0 radical (unpaired) electrons. The second kappa shape index (κ2) is 5.92. The Hall–Kier alpha value is -2.21. The zero-order chi connectivity index (χ0) is 12.8. The van der Waals surface area contributed by atoms with Gasteiger partial charge in [-0.15, -0.1) is 5.10 Å². The SMILES string of the molecule is O=C(NCCCO)c1cnn(-c2ccccc2)n1. The van der Waals surface area contributed by atoms with E-state index in [4.69, 9.17) is 5.11 Å². The third-order valence-electron chi connectivity index (χ3n) is 2.33. The average Bonchev–Trinajstić information content (AvgIpc) is 2.89. The summed E-state index contributed by atoms with van der Waals surface area (Å²) in [5, 5.41) is 19.4. The van der Waals surface area contributed by atoms with Crippen molar-refractivity contribution in [3.05, 3.63) is 42.2 Å². The Labute approximate surface area is 104 Å². The molecule has 1 heterocycles. The number of aliphatic hydroxyl groups is 1. The Morgan fingerprint density at radius 1 is 1.33 bits per heavy atom. The van der Waals surface area contributed by atoms with Crippen molar-refractivity contribution >= 4 is 5.91 Å². The number of rotatable bonds is 5. The molecule has 0 spiro atoms. The molecule has 0 aliphatic rings. The molecule has 0 atom stereocenters. The predicted octanol–water partition coefficient (Wildman–Crippen LogP) is 0.379. The largest absolute Gasteiger partial charge is 0.396 e. The molecule has 6 heteroatoms. The smallest absolute Gasteiger partial charge is 0.273 e. The molecule has 0 saturated heterocycles. The Morgan fingerprint density at radius 3 is 2.83 bits per heavy atom. The highest BCUT2D eigenvalue weighted by Crippen LogP contribution is 2.03. The van der Waals surface area contributed by atoms with Crippen LogP contribution in [0.25, 0.3) is 5.69 Å². The second-order valence-corrected chi connectivity index (χ2v) is 3.69. The summed E-state index contributed by atoms with van der Waals surface area (Å²) in [6, 6.07) is 9.36. The summed E-state index contributed by atoms with van der Waals surface area (Å²) in [5.41, 5.74) is 1.06. The zero-order valence-corrected chi connectivity index (χ0v) is 9.78. The number of aliphatic hydroxyl groups excluding tert-OH is 1. The number of hydrogen-bond acceptors (Lipinski definition) is 4. The van der Waals surface area contributed by atoms with Gasteiger partial charge in [-0.1, -0.05) is 18.2 Å². The molecule has 2 aromatic rings. The molecule has 0 bridgehead atoms. The lowest BCUT2D eigenvalue weighted by atomic mass is 10.3. The van der Waals surface area contributed by atoms with Crippen LogP contribution in [0.1, 0.15) is 16.9 Å². The Morgan fingerprint density at radius 2 is 2.11 bits per heavy atom. The monoisotopic (exact) mass is 246 g/mol. The van der Waals surface area contributed by atoms with E-state index in [1.165, 1.54) is 11.0 Å². The molecule has 0 aliphatic carbocycles. The summed E-state index contributed by atoms with van der Waals surface area (Å²) in [4.78, 5) is 13.1. The van der Waals surface area contributed by atoms with Gasteiger partial charge in [-0.05, 0) is 18.6 Å². The van der Waals surface area contributed by atoms with Crippen LogP contribution in [-0.2, 0) is 0 Å². The summed E-state index contributed by atoms with van der Waals surface area (Å²) >= 11 is 0. The van der Waals surface area contributed by atoms with Gasteiger partial charge in [0.2, 0.25) is 0 Å². The van der Waals surface area contributed by atoms with Crippen LogP contribution in [0.2, 0.25) is 0 Å². The van der Waals surface area contributed by atoms with E-state index in [1.54, 1.807) is 0 Å². The minimum atomic E-state index is -0.286. The number of amides is 1. The summed E-state index contributed by atoms with van der Waals surface area (Å²) < 4.78 is 0. The topological polar surface area (TPSA) is 80.0 Å². The molecule has 0 unspecified atom stereocenters. The highest BCUT2D eigenvalue weighted by atomic mass is 16.3. The third kappa shape index (κ3) is 2.92. The van der Waals surface area contributed by atoms with Gasteiger partial charge in [0, 0.05) is 13.2 Å². The number of benzene rings is 1. The van der Waals surface area contributed by atoms with Crippen molar-refractivity contribution in [3.63, 3.8) is 0 Å². The van der Waals surface area contributed by atoms with Crippen molar-refractivity contribution < 1.29 is 9.90 Å². The molecule has 1 aromatic heterocycles. The van der Waals surface area contributed by atoms with Gasteiger partial charge in [-0.3, -0.25) is 4.79 Å². The number of carbonyl (C=O) groups excluding carboxylic acids is 1. The summed E-state index contributed by atoms with van der Waals surface area (Å²) in [6.45, 7) is 0.477. The van der Waals surface area contributed by atoms with Crippen molar-refractivity contribution in [1.29, 1.82) is 0 Å². The van der Waals surface area contributed by atoms with Crippen molar-refractivity contribution in [2.75, 3.05) is 13.2 Å². The summed E-state index contributed by atoms with van der Waals surface area (Å²) in [7, 11) is 0. The van der Waals surface area contributed by atoms with Gasteiger partial charge in [0.05, 0.1) is 11.9 Å². The van der Waals surface area contributed by atoms with Gasteiger partial charge < -0.3 is 10.4 Å². The fraction of sp³-hybridized carbons (Fsp3) is 0.250. The predicted molar refractivity (Wildman–Crippen MR) is 65.4 cm³/mol. The van der Waals surface area contributed by atoms with Crippen LogP contribution < -0.4 is 5.32 Å². The molecule has 18 heavy (non-hydrogen) atoms. The van der Waals surface area contributed by atoms with E-state index in [0.717, 1.165) is 5.69 Å². The first-order chi connectivity index (χ1) is 8.81. The standard InChI is InChI=1S/C12H14N4O2/c17-8-4-7-13-12(18)11-9-14-16(15-11)10-5-2-1-3-6-10/h1-3,5-6,9,17H,4,7-8H2,(H,13,18). The highest BCUT2D eigenvalue weighted by molar-refractivity contribution is 5.91. The number of nitrogens with one attached hydrogen (secondary N) is 1. The van der Waals surface area contributed by atoms with Crippen LogP contribution in [0.3, 0.4) is 0 Å². The fourth-order valence-corrected chi connectivity index (χ4v) is 1.42. The molecule has 0 aliphatic heterocycles. The van der Waals surface area contributed by atoms with Crippen LogP contribution >= 0.6 is 0 Å². The van der Waals surface area contributed by atoms with Crippen molar-refractivity contribution in [2.24, 2.45) is 0 Å². The first-order valence-corrected chi connectivity index (χ1v) is 5.68. The van der Waals surface area contributed by atoms with E-state index in [2.05, 4.69) is 15.5 Å². The lowest BCUT2D eigenvalue weighted by Crippen LogP contribution is -2.25. The molecule has 1 aromatic carbocycles. The first-order valence-electron chi connectivity index (χ1n) is 5.68. The number of hydrogen-bond donors (Lipinski definition) is 2. The zero-order valence-electron chi connectivity index (χ0n) is 9.78. The lowest BCUT2D eigenvalue weighted by Gasteiger charge is -2.00.